The minimum atomic E-state index is -3.34. The van der Waals surface area contributed by atoms with Gasteiger partial charge in [-0.15, -0.1) is 0 Å². The van der Waals surface area contributed by atoms with Gasteiger partial charge >= 0.3 is 0 Å². The predicted octanol–water partition coefficient (Wildman–Crippen LogP) is 2.60. The van der Waals surface area contributed by atoms with Crippen LogP contribution in [0.2, 0.25) is 0 Å². The van der Waals surface area contributed by atoms with Gasteiger partial charge < -0.3 is 14.5 Å². The molecule has 1 fully saturated rings. The Morgan fingerprint density at radius 1 is 1.13 bits per heavy atom. The Balaban J connectivity index is 1.44. The van der Waals surface area contributed by atoms with Gasteiger partial charge in [-0.25, -0.2) is 13.4 Å². The molecule has 0 bridgehead atoms. The number of hydrogen-bond donors (Lipinski definition) is 0. The first-order chi connectivity index (χ1) is 14.3. The van der Waals surface area contributed by atoms with Crippen LogP contribution < -0.4 is 9.64 Å². The summed E-state index contributed by atoms with van der Waals surface area (Å²) in [5.41, 5.74) is 1.46. The van der Waals surface area contributed by atoms with Crippen molar-refractivity contribution in [3.05, 3.63) is 48.0 Å². The van der Waals surface area contributed by atoms with E-state index in [-0.39, 0.29) is 10.8 Å². The Bertz CT molecular complexity index is 1180. The molecule has 9 heteroatoms. The van der Waals surface area contributed by atoms with E-state index in [4.69, 9.17) is 4.74 Å². The summed E-state index contributed by atoms with van der Waals surface area (Å²) in [6.07, 6.45) is 1.55. The first-order valence-electron chi connectivity index (χ1n) is 9.60. The SMILES string of the molecule is COc1cccc(CC(=O)N2CCN(c3nc4c(S(C)(=O)=O)cccc4s3)CC2)c1. The van der Waals surface area contributed by atoms with E-state index in [9.17, 15) is 13.2 Å². The molecule has 0 radical (unpaired) electrons. The molecule has 1 aliphatic rings. The van der Waals surface area contributed by atoms with Crippen molar-refractivity contribution in [2.45, 2.75) is 11.3 Å². The fourth-order valence-corrected chi connectivity index (χ4v) is 5.50. The van der Waals surface area contributed by atoms with Gasteiger partial charge in [0.05, 0.1) is 23.1 Å². The highest BCUT2D eigenvalue weighted by Gasteiger charge is 2.24. The van der Waals surface area contributed by atoms with Gasteiger partial charge in [-0.2, -0.15) is 0 Å². The summed E-state index contributed by atoms with van der Waals surface area (Å²) in [4.78, 5) is 21.5. The lowest BCUT2D eigenvalue weighted by atomic mass is 10.1. The summed E-state index contributed by atoms with van der Waals surface area (Å²) in [5, 5.41) is 0.793. The number of carbonyl (C=O) groups is 1. The number of ether oxygens (including phenoxy) is 1. The lowest BCUT2D eigenvalue weighted by Gasteiger charge is -2.34. The van der Waals surface area contributed by atoms with Gasteiger partial charge in [0.2, 0.25) is 5.91 Å². The van der Waals surface area contributed by atoms with Gasteiger partial charge in [-0.1, -0.05) is 29.5 Å². The van der Waals surface area contributed by atoms with Crippen molar-refractivity contribution in [1.82, 2.24) is 9.88 Å². The van der Waals surface area contributed by atoms with Crippen molar-refractivity contribution >= 4 is 42.4 Å². The first kappa shape index (κ1) is 20.6. The number of benzene rings is 2. The van der Waals surface area contributed by atoms with Crippen molar-refractivity contribution in [3.63, 3.8) is 0 Å². The van der Waals surface area contributed by atoms with Gasteiger partial charge in [0.15, 0.2) is 15.0 Å². The van der Waals surface area contributed by atoms with Gasteiger partial charge in [-0.05, 0) is 29.8 Å². The summed E-state index contributed by atoms with van der Waals surface area (Å²) in [6, 6.07) is 12.8. The normalized spacial score (nSPS) is 14.9. The molecule has 0 atom stereocenters. The second-order valence-corrected chi connectivity index (χ2v) is 10.3. The topological polar surface area (TPSA) is 79.8 Å². The number of aromatic nitrogens is 1. The number of thiazole rings is 1. The highest BCUT2D eigenvalue weighted by molar-refractivity contribution is 7.91. The molecule has 0 unspecified atom stereocenters. The molecular formula is C21H23N3O4S2. The summed E-state index contributed by atoms with van der Waals surface area (Å²) in [6.45, 7) is 2.55. The smallest absolute Gasteiger partial charge is 0.227 e. The lowest BCUT2D eigenvalue weighted by Crippen LogP contribution is -2.49. The first-order valence-corrected chi connectivity index (χ1v) is 12.3. The van der Waals surface area contributed by atoms with E-state index < -0.39 is 9.84 Å². The number of piperazine rings is 1. The maximum atomic E-state index is 12.7. The van der Waals surface area contributed by atoms with E-state index in [0.29, 0.717) is 38.1 Å². The van der Waals surface area contributed by atoms with Crippen LogP contribution in [0, 0.1) is 0 Å². The van der Waals surface area contributed by atoms with Crippen LogP contribution in [-0.2, 0) is 21.1 Å². The standard InChI is InChI=1S/C21H23N3O4S2/c1-28-16-6-3-5-15(13-16)14-19(25)23-9-11-24(12-10-23)21-22-20-17(29-21)7-4-8-18(20)30(2,26)27/h3-8,13H,9-12,14H2,1-2H3. The number of hydrogen-bond acceptors (Lipinski definition) is 7. The van der Waals surface area contributed by atoms with Crippen molar-refractivity contribution in [3.8, 4) is 5.75 Å². The van der Waals surface area contributed by atoms with Crippen LogP contribution in [0.3, 0.4) is 0 Å². The number of rotatable bonds is 5. The van der Waals surface area contributed by atoms with Crippen LogP contribution in [0.4, 0.5) is 5.13 Å². The third-order valence-corrected chi connectivity index (χ3v) is 7.37. The minimum Gasteiger partial charge on any atom is -0.497 e. The zero-order chi connectivity index (χ0) is 21.3. The Morgan fingerprint density at radius 3 is 2.57 bits per heavy atom. The van der Waals surface area contributed by atoms with E-state index in [0.717, 1.165) is 21.1 Å². The lowest BCUT2D eigenvalue weighted by molar-refractivity contribution is -0.130. The molecule has 7 nitrogen and oxygen atoms in total. The second kappa shape index (κ2) is 8.23. The number of amides is 1. The number of nitrogens with zero attached hydrogens (tertiary/aromatic N) is 3. The van der Waals surface area contributed by atoms with Crippen LogP contribution in [0.1, 0.15) is 5.56 Å². The van der Waals surface area contributed by atoms with Gasteiger partial charge in [-0.3, -0.25) is 4.79 Å². The molecule has 158 valence electrons. The number of fused-ring (bicyclic) bond motifs is 1. The fourth-order valence-electron chi connectivity index (χ4n) is 3.56. The van der Waals surface area contributed by atoms with Gasteiger partial charge in [0.1, 0.15) is 11.3 Å². The molecule has 0 aliphatic carbocycles. The van der Waals surface area contributed by atoms with E-state index >= 15 is 0 Å². The molecule has 0 N–H and O–H groups in total. The quantitative estimate of drug-likeness (QED) is 0.601. The fraction of sp³-hybridized carbons (Fsp3) is 0.333. The molecule has 2 heterocycles. The Morgan fingerprint density at radius 2 is 1.87 bits per heavy atom. The number of carbonyl (C=O) groups excluding carboxylic acids is 1. The Labute approximate surface area is 179 Å². The summed E-state index contributed by atoms with van der Waals surface area (Å²) in [7, 11) is -1.73. The maximum absolute atomic E-state index is 12.7. The highest BCUT2D eigenvalue weighted by Crippen LogP contribution is 2.33. The van der Waals surface area contributed by atoms with Gasteiger partial charge in [0, 0.05) is 32.4 Å². The van der Waals surface area contributed by atoms with E-state index in [2.05, 4.69) is 9.88 Å². The van der Waals surface area contributed by atoms with Crippen molar-refractivity contribution < 1.29 is 17.9 Å². The molecule has 1 aromatic heterocycles. The zero-order valence-electron chi connectivity index (χ0n) is 16.9. The number of methoxy groups -OCH3 is 1. The minimum absolute atomic E-state index is 0.0894. The molecule has 2 aromatic carbocycles. The molecule has 3 aromatic rings. The van der Waals surface area contributed by atoms with Crippen molar-refractivity contribution in [2.75, 3.05) is 44.4 Å². The Kier molecular flexibility index (Phi) is 5.66. The molecule has 1 saturated heterocycles. The third kappa shape index (κ3) is 4.27. The van der Waals surface area contributed by atoms with Crippen LogP contribution in [0.5, 0.6) is 5.75 Å². The van der Waals surface area contributed by atoms with Crippen LogP contribution in [-0.4, -0.2) is 63.8 Å². The Hall–Kier alpha value is -2.65. The molecular weight excluding hydrogens is 422 g/mol. The predicted molar refractivity (Wildman–Crippen MR) is 118 cm³/mol. The average molecular weight is 446 g/mol. The molecule has 1 amide bonds. The molecule has 1 aliphatic heterocycles. The third-order valence-electron chi connectivity index (χ3n) is 5.16. The number of anilines is 1. The number of para-hydroxylation sites is 1. The molecule has 0 spiro atoms. The summed E-state index contributed by atoms with van der Waals surface area (Å²) in [5.74, 6) is 0.834. The molecule has 4 rings (SSSR count). The summed E-state index contributed by atoms with van der Waals surface area (Å²) >= 11 is 1.48. The average Bonchev–Trinajstić information content (AvgIpc) is 3.17. The van der Waals surface area contributed by atoms with Gasteiger partial charge in [0.25, 0.3) is 0 Å². The van der Waals surface area contributed by atoms with E-state index in [1.54, 1.807) is 19.2 Å². The van der Waals surface area contributed by atoms with E-state index in [1.165, 1.54) is 17.6 Å². The number of sulfone groups is 1. The maximum Gasteiger partial charge on any atom is 0.227 e. The van der Waals surface area contributed by atoms with Crippen molar-refractivity contribution in [2.24, 2.45) is 0 Å². The monoisotopic (exact) mass is 445 g/mol. The zero-order valence-corrected chi connectivity index (χ0v) is 18.5. The molecule has 0 saturated carbocycles. The summed E-state index contributed by atoms with van der Waals surface area (Å²) < 4.78 is 30.2. The van der Waals surface area contributed by atoms with Crippen LogP contribution in [0.25, 0.3) is 10.2 Å². The molecule has 30 heavy (non-hydrogen) atoms. The van der Waals surface area contributed by atoms with Crippen LogP contribution >= 0.6 is 11.3 Å². The second-order valence-electron chi connectivity index (χ2n) is 7.27. The largest absolute Gasteiger partial charge is 0.497 e. The highest BCUT2D eigenvalue weighted by atomic mass is 32.2. The van der Waals surface area contributed by atoms with E-state index in [1.807, 2.05) is 35.2 Å². The van der Waals surface area contributed by atoms with Crippen LogP contribution in [0.15, 0.2) is 47.4 Å². The van der Waals surface area contributed by atoms with Crippen molar-refractivity contribution in [1.29, 1.82) is 0 Å².